The molecule has 136 valence electrons. The van der Waals surface area contributed by atoms with Gasteiger partial charge in [-0.15, -0.1) is 11.8 Å². The van der Waals surface area contributed by atoms with Crippen LogP contribution in [-0.4, -0.2) is 42.6 Å². The summed E-state index contributed by atoms with van der Waals surface area (Å²) in [6.45, 7) is 3.51. The zero-order valence-electron chi connectivity index (χ0n) is 15.3. The highest BCUT2D eigenvalue weighted by molar-refractivity contribution is 8.00. The van der Waals surface area contributed by atoms with Crippen LogP contribution in [0.4, 0.5) is 5.69 Å². The predicted molar refractivity (Wildman–Crippen MR) is 107 cm³/mol. The largest absolute Gasteiger partial charge is 0.342 e. The molecule has 0 N–H and O–H groups in total. The summed E-state index contributed by atoms with van der Waals surface area (Å²) in [5, 5.41) is 0. The van der Waals surface area contributed by atoms with Crippen LogP contribution in [0.25, 0.3) is 0 Å². The highest BCUT2D eigenvalue weighted by Crippen LogP contribution is 2.30. The van der Waals surface area contributed by atoms with E-state index in [2.05, 4.69) is 13.0 Å². The maximum atomic E-state index is 12.7. The molecule has 5 heteroatoms. The fourth-order valence-corrected chi connectivity index (χ4v) is 4.15. The Balaban J connectivity index is 1.69. The Kier molecular flexibility index (Phi) is 5.99. The zero-order valence-corrected chi connectivity index (χ0v) is 16.1. The van der Waals surface area contributed by atoms with E-state index in [1.54, 1.807) is 4.90 Å². The summed E-state index contributed by atoms with van der Waals surface area (Å²) in [5.41, 5.74) is 2.91. The fourth-order valence-electron chi connectivity index (χ4n) is 3.23. The molecule has 0 spiro atoms. The number of carbonyl (C=O) groups excluding carboxylic acids is 2. The van der Waals surface area contributed by atoms with Gasteiger partial charge < -0.3 is 9.80 Å². The average Bonchev–Trinajstić information content (AvgIpc) is 3.10. The van der Waals surface area contributed by atoms with Crippen LogP contribution in [0.5, 0.6) is 0 Å². The third kappa shape index (κ3) is 3.93. The van der Waals surface area contributed by atoms with Crippen molar-refractivity contribution in [2.75, 3.05) is 30.8 Å². The molecule has 0 fully saturated rings. The first-order valence-corrected chi connectivity index (χ1v) is 9.96. The molecule has 1 aliphatic heterocycles. The summed E-state index contributed by atoms with van der Waals surface area (Å²) in [6, 6.07) is 15.6. The molecule has 1 aliphatic rings. The van der Waals surface area contributed by atoms with Gasteiger partial charge in [-0.2, -0.15) is 0 Å². The van der Waals surface area contributed by atoms with Gasteiger partial charge in [-0.05, 0) is 36.6 Å². The number of benzene rings is 2. The Bertz CT molecular complexity index is 806. The molecule has 0 saturated heterocycles. The molecule has 2 aromatic carbocycles. The Labute approximate surface area is 159 Å². The second-order valence-electron chi connectivity index (χ2n) is 6.44. The minimum absolute atomic E-state index is 0.00826. The normalized spacial score (nSPS) is 12.8. The molecule has 0 unspecified atom stereocenters. The van der Waals surface area contributed by atoms with Crippen molar-refractivity contribution < 1.29 is 9.59 Å². The topological polar surface area (TPSA) is 40.6 Å². The van der Waals surface area contributed by atoms with Crippen LogP contribution in [0, 0.1) is 0 Å². The minimum Gasteiger partial charge on any atom is -0.342 e. The zero-order chi connectivity index (χ0) is 18.5. The van der Waals surface area contributed by atoms with Crippen molar-refractivity contribution in [3.05, 3.63) is 59.7 Å². The van der Waals surface area contributed by atoms with E-state index in [9.17, 15) is 9.59 Å². The summed E-state index contributed by atoms with van der Waals surface area (Å²) >= 11 is 1.44. The van der Waals surface area contributed by atoms with Crippen molar-refractivity contribution in [2.45, 2.75) is 24.7 Å². The number of hydrogen-bond acceptors (Lipinski definition) is 3. The Hall–Kier alpha value is -2.27. The first-order valence-electron chi connectivity index (χ1n) is 8.97. The first kappa shape index (κ1) is 18.5. The average molecular weight is 369 g/mol. The monoisotopic (exact) mass is 368 g/mol. The number of fused-ring (bicyclic) bond motifs is 1. The standard InChI is InChI=1S/C21H24N2O2S/c1-3-13-22(2)21(25)17-9-5-7-11-19(17)26-15-20(24)23-14-12-16-8-4-6-10-18(16)23/h4-11H,3,12-15H2,1-2H3. The van der Waals surface area contributed by atoms with E-state index in [0.717, 1.165) is 36.5 Å². The van der Waals surface area contributed by atoms with Crippen molar-refractivity contribution >= 4 is 29.3 Å². The Morgan fingerprint density at radius 1 is 1.12 bits per heavy atom. The molecule has 2 amide bonds. The summed E-state index contributed by atoms with van der Waals surface area (Å²) < 4.78 is 0. The molecule has 0 bridgehead atoms. The Morgan fingerprint density at radius 2 is 1.85 bits per heavy atom. The molecular weight excluding hydrogens is 344 g/mol. The SMILES string of the molecule is CCCN(C)C(=O)c1ccccc1SCC(=O)N1CCc2ccccc21. The van der Waals surface area contributed by atoms with E-state index >= 15 is 0 Å². The van der Waals surface area contributed by atoms with Crippen molar-refractivity contribution in [3.63, 3.8) is 0 Å². The maximum absolute atomic E-state index is 12.7. The highest BCUT2D eigenvalue weighted by atomic mass is 32.2. The lowest BCUT2D eigenvalue weighted by atomic mass is 10.2. The van der Waals surface area contributed by atoms with Gasteiger partial charge in [0.1, 0.15) is 0 Å². The lowest BCUT2D eigenvalue weighted by Crippen LogP contribution is -2.30. The van der Waals surface area contributed by atoms with Crippen LogP contribution in [0.3, 0.4) is 0 Å². The van der Waals surface area contributed by atoms with Crippen molar-refractivity contribution in [3.8, 4) is 0 Å². The third-order valence-electron chi connectivity index (χ3n) is 4.56. The molecule has 0 aromatic heterocycles. The number of carbonyl (C=O) groups is 2. The van der Waals surface area contributed by atoms with E-state index in [-0.39, 0.29) is 11.8 Å². The third-order valence-corrected chi connectivity index (χ3v) is 5.62. The maximum Gasteiger partial charge on any atom is 0.254 e. The molecular formula is C21H24N2O2S. The summed E-state index contributed by atoms with van der Waals surface area (Å²) in [6.07, 6.45) is 1.83. The van der Waals surface area contributed by atoms with Gasteiger partial charge in [-0.1, -0.05) is 37.3 Å². The number of anilines is 1. The van der Waals surface area contributed by atoms with E-state index in [1.165, 1.54) is 17.3 Å². The molecule has 4 nitrogen and oxygen atoms in total. The van der Waals surface area contributed by atoms with E-state index < -0.39 is 0 Å². The van der Waals surface area contributed by atoms with Crippen molar-refractivity contribution in [1.29, 1.82) is 0 Å². The van der Waals surface area contributed by atoms with Crippen molar-refractivity contribution in [2.24, 2.45) is 0 Å². The molecule has 0 atom stereocenters. The van der Waals surface area contributed by atoms with Gasteiger partial charge in [0.15, 0.2) is 0 Å². The smallest absolute Gasteiger partial charge is 0.254 e. The van der Waals surface area contributed by atoms with Crippen LogP contribution in [0.1, 0.15) is 29.3 Å². The van der Waals surface area contributed by atoms with Gasteiger partial charge in [0, 0.05) is 30.7 Å². The summed E-state index contributed by atoms with van der Waals surface area (Å²) in [4.78, 5) is 29.8. The molecule has 0 aliphatic carbocycles. The first-order chi connectivity index (χ1) is 12.6. The number of rotatable bonds is 6. The molecule has 1 heterocycles. The van der Waals surface area contributed by atoms with E-state index in [4.69, 9.17) is 0 Å². The quantitative estimate of drug-likeness (QED) is 0.727. The van der Waals surface area contributed by atoms with Gasteiger partial charge in [0.05, 0.1) is 11.3 Å². The molecule has 3 rings (SSSR count). The van der Waals surface area contributed by atoms with E-state index in [0.29, 0.717) is 11.3 Å². The van der Waals surface area contributed by atoms with Crippen LogP contribution in [0.15, 0.2) is 53.4 Å². The molecule has 26 heavy (non-hydrogen) atoms. The van der Waals surface area contributed by atoms with Crippen LogP contribution in [0.2, 0.25) is 0 Å². The van der Waals surface area contributed by atoms with Crippen molar-refractivity contribution in [1.82, 2.24) is 4.90 Å². The van der Waals surface area contributed by atoms with Crippen LogP contribution < -0.4 is 4.90 Å². The number of hydrogen-bond donors (Lipinski definition) is 0. The number of nitrogens with zero attached hydrogens (tertiary/aromatic N) is 2. The number of para-hydroxylation sites is 1. The number of amides is 2. The molecule has 0 saturated carbocycles. The van der Waals surface area contributed by atoms with Gasteiger partial charge in [0.2, 0.25) is 5.91 Å². The Morgan fingerprint density at radius 3 is 2.65 bits per heavy atom. The van der Waals surface area contributed by atoms with Gasteiger partial charge in [-0.3, -0.25) is 9.59 Å². The number of thioether (sulfide) groups is 1. The van der Waals surface area contributed by atoms with Crippen LogP contribution in [-0.2, 0) is 11.2 Å². The molecule has 2 aromatic rings. The lowest BCUT2D eigenvalue weighted by molar-refractivity contribution is -0.116. The second kappa shape index (κ2) is 8.41. The summed E-state index contributed by atoms with van der Waals surface area (Å²) in [7, 11) is 1.82. The lowest BCUT2D eigenvalue weighted by Gasteiger charge is -2.19. The van der Waals surface area contributed by atoms with Gasteiger partial charge in [-0.25, -0.2) is 0 Å². The minimum atomic E-state index is 0.00826. The second-order valence-corrected chi connectivity index (χ2v) is 7.45. The summed E-state index contributed by atoms with van der Waals surface area (Å²) in [5.74, 6) is 0.425. The van der Waals surface area contributed by atoms with Gasteiger partial charge >= 0.3 is 0 Å². The van der Waals surface area contributed by atoms with E-state index in [1.807, 2.05) is 54.4 Å². The van der Waals surface area contributed by atoms with Gasteiger partial charge in [0.25, 0.3) is 5.91 Å². The molecule has 0 radical (unpaired) electrons. The van der Waals surface area contributed by atoms with Crippen LogP contribution >= 0.6 is 11.8 Å². The highest BCUT2D eigenvalue weighted by Gasteiger charge is 2.24. The fraction of sp³-hybridized carbons (Fsp3) is 0.333. The predicted octanol–water partition coefficient (Wildman–Crippen LogP) is 3.85.